The lowest BCUT2D eigenvalue weighted by Gasteiger charge is -2.26. The van der Waals surface area contributed by atoms with E-state index < -0.39 is 12.1 Å². The minimum absolute atomic E-state index is 0.100. The van der Waals surface area contributed by atoms with E-state index in [1.807, 2.05) is 19.1 Å². The van der Waals surface area contributed by atoms with Crippen LogP contribution in [0.4, 0.5) is 13.2 Å². The van der Waals surface area contributed by atoms with Crippen molar-refractivity contribution in [3.63, 3.8) is 0 Å². The number of hydrogen-bond donors (Lipinski definition) is 0. The maximum Gasteiger partial charge on any atom is 0.490 e. The lowest BCUT2D eigenvalue weighted by atomic mass is 10.2. The summed E-state index contributed by atoms with van der Waals surface area (Å²) < 4.78 is 57.7. The fourth-order valence-corrected chi connectivity index (χ4v) is 4.09. The molecule has 11 heteroatoms. The van der Waals surface area contributed by atoms with E-state index in [4.69, 9.17) is 14.2 Å². The summed E-state index contributed by atoms with van der Waals surface area (Å²) in [5, 5.41) is 0.695. The molecule has 3 rings (SSSR count). The largest absolute Gasteiger partial charge is 0.493 e. The average molecular weight is 475 g/mol. The molecule has 2 aromatic rings. The number of thiazole rings is 1. The van der Waals surface area contributed by atoms with Crippen molar-refractivity contribution in [1.29, 1.82) is 0 Å². The van der Waals surface area contributed by atoms with Crippen LogP contribution in [-0.4, -0.2) is 75.2 Å². The lowest BCUT2D eigenvalue weighted by molar-refractivity contribution is -0.199. The molecule has 32 heavy (non-hydrogen) atoms. The number of nitrogens with zero attached hydrogens (tertiary/aromatic N) is 2. The maximum absolute atomic E-state index is 12.3. The predicted octanol–water partition coefficient (Wildman–Crippen LogP) is 3.49. The highest BCUT2D eigenvalue weighted by atomic mass is 32.1. The molecule has 176 valence electrons. The first-order valence-corrected chi connectivity index (χ1v) is 10.9. The SMILES string of the molecule is COc1ccc(-c2nc(CCOC(=O)C(F)(F)F)c(C)s2)cc1OCCN1CCOCC1. The number of rotatable bonds is 9. The van der Waals surface area contributed by atoms with Gasteiger partial charge in [0.25, 0.3) is 0 Å². The number of morpholine rings is 1. The number of ether oxygens (including phenoxy) is 4. The summed E-state index contributed by atoms with van der Waals surface area (Å²) in [7, 11) is 1.57. The van der Waals surface area contributed by atoms with Crippen molar-refractivity contribution in [1.82, 2.24) is 9.88 Å². The number of carbonyl (C=O) groups excluding carboxylic acids is 1. The first kappa shape index (κ1) is 24.3. The zero-order valence-electron chi connectivity index (χ0n) is 17.9. The fourth-order valence-electron chi connectivity index (χ4n) is 3.14. The van der Waals surface area contributed by atoms with Crippen molar-refractivity contribution in [3.05, 3.63) is 28.8 Å². The number of aromatic nitrogens is 1. The number of aryl methyl sites for hydroxylation is 1. The number of alkyl halides is 3. The molecule has 1 fully saturated rings. The summed E-state index contributed by atoms with van der Waals surface area (Å²) in [6.07, 6.45) is -4.90. The molecule has 0 radical (unpaired) electrons. The second kappa shape index (κ2) is 11.0. The predicted molar refractivity (Wildman–Crippen MR) is 112 cm³/mol. The summed E-state index contributed by atoms with van der Waals surface area (Å²) in [5.74, 6) is -1.00. The van der Waals surface area contributed by atoms with Gasteiger partial charge in [-0.25, -0.2) is 9.78 Å². The first-order valence-electron chi connectivity index (χ1n) is 10.1. The number of hydrogen-bond acceptors (Lipinski definition) is 8. The Morgan fingerprint density at radius 3 is 2.66 bits per heavy atom. The Labute approximate surface area is 188 Å². The van der Waals surface area contributed by atoms with Crippen molar-refractivity contribution in [3.8, 4) is 22.1 Å². The van der Waals surface area contributed by atoms with Gasteiger partial charge in [0, 0.05) is 36.5 Å². The van der Waals surface area contributed by atoms with E-state index in [1.54, 1.807) is 13.2 Å². The second-order valence-electron chi connectivity index (χ2n) is 7.07. The Morgan fingerprint density at radius 2 is 1.97 bits per heavy atom. The Morgan fingerprint density at radius 1 is 1.22 bits per heavy atom. The summed E-state index contributed by atoms with van der Waals surface area (Å²) in [4.78, 5) is 18.5. The first-order chi connectivity index (χ1) is 15.3. The summed E-state index contributed by atoms with van der Waals surface area (Å²) in [5.41, 5.74) is 1.39. The van der Waals surface area contributed by atoms with Crippen LogP contribution in [0.3, 0.4) is 0 Å². The van der Waals surface area contributed by atoms with Gasteiger partial charge < -0.3 is 18.9 Å². The van der Waals surface area contributed by atoms with E-state index in [0.29, 0.717) is 28.8 Å². The van der Waals surface area contributed by atoms with Gasteiger partial charge in [-0.3, -0.25) is 4.90 Å². The molecule has 0 aliphatic carbocycles. The number of methoxy groups -OCH3 is 1. The summed E-state index contributed by atoms with van der Waals surface area (Å²) in [6.45, 7) is 5.90. The van der Waals surface area contributed by atoms with Gasteiger partial charge in [0.15, 0.2) is 11.5 Å². The minimum Gasteiger partial charge on any atom is -0.493 e. The standard InChI is InChI=1S/C21H25F3N2O5S/c1-14-16(5-9-31-20(27)21(22,23)24)25-19(32-14)15-3-4-17(28-2)18(13-15)30-12-8-26-6-10-29-11-7-26/h3-4,13H,5-12H2,1-2H3. The van der Waals surface area contributed by atoms with Crippen molar-refractivity contribution in [2.75, 3.05) is 53.2 Å². The number of esters is 1. The third kappa shape index (κ3) is 6.57. The molecular formula is C21H25F3N2O5S. The molecule has 1 aromatic heterocycles. The van der Waals surface area contributed by atoms with Gasteiger partial charge >= 0.3 is 12.1 Å². The van der Waals surface area contributed by atoms with Crippen LogP contribution >= 0.6 is 11.3 Å². The third-order valence-corrected chi connectivity index (χ3v) is 5.94. The van der Waals surface area contributed by atoms with Gasteiger partial charge in [0.2, 0.25) is 0 Å². The number of carbonyl (C=O) groups is 1. The van der Waals surface area contributed by atoms with Gasteiger partial charge in [0.05, 0.1) is 32.6 Å². The number of halogens is 3. The Balaban J connectivity index is 1.63. The van der Waals surface area contributed by atoms with Crippen LogP contribution in [0.25, 0.3) is 10.6 Å². The molecule has 0 bridgehead atoms. The van der Waals surface area contributed by atoms with Crippen LogP contribution in [0.15, 0.2) is 18.2 Å². The highest BCUT2D eigenvalue weighted by Gasteiger charge is 2.40. The van der Waals surface area contributed by atoms with Crippen LogP contribution in [-0.2, 0) is 20.7 Å². The fraction of sp³-hybridized carbons (Fsp3) is 0.524. The summed E-state index contributed by atoms with van der Waals surface area (Å²) >= 11 is 1.41. The van der Waals surface area contributed by atoms with E-state index in [1.165, 1.54) is 11.3 Å². The van der Waals surface area contributed by atoms with E-state index in [0.717, 1.165) is 43.3 Å². The van der Waals surface area contributed by atoms with Gasteiger partial charge in [0.1, 0.15) is 11.6 Å². The highest BCUT2D eigenvalue weighted by Crippen LogP contribution is 2.35. The van der Waals surface area contributed by atoms with Crippen molar-refractivity contribution < 1.29 is 36.9 Å². The molecule has 0 spiro atoms. The molecule has 7 nitrogen and oxygen atoms in total. The molecule has 0 atom stereocenters. The quantitative estimate of drug-likeness (QED) is 0.516. The van der Waals surface area contributed by atoms with Crippen LogP contribution < -0.4 is 9.47 Å². The van der Waals surface area contributed by atoms with E-state index in [2.05, 4.69) is 14.6 Å². The van der Waals surface area contributed by atoms with Crippen LogP contribution in [0.5, 0.6) is 11.5 Å². The van der Waals surface area contributed by atoms with E-state index in [-0.39, 0.29) is 13.0 Å². The van der Waals surface area contributed by atoms with Crippen LogP contribution in [0.1, 0.15) is 10.6 Å². The van der Waals surface area contributed by atoms with Gasteiger partial charge in [-0.1, -0.05) is 0 Å². The number of benzene rings is 1. The third-order valence-electron chi connectivity index (χ3n) is 4.88. The van der Waals surface area contributed by atoms with E-state index in [9.17, 15) is 18.0 Å². The monoisotopic (exact) mass is 474 g/mol. The lowest BCUT2D eigenvalue weighted by Crippen LogP contribution is -2.38. The molecule has 0 unspecified atom stereocenters. The molecular weight excluding hydrogens is 449 g/mol. The maximum atomic E-state index is 12.3. The highest BCUT2D eigenvalue weighted by molar-refractivity contribution is 7.15. The Bertz CT molecular complexity index is 913. The normalized spacial score (nSPS) is 14.9. The molecule has 0 amide bonds. The van der Waals surface area contributed by atoms with Gasteiger partial charge in [-0.05, 0) is 25.1 Å². The second-order valence-corrected chi connectivity index (χ2v) is 8.28. The Hall–Kier alpha value is -2.37. The molecule has 2 heterocycles. The van der Waals surface area contributed by atoms with E-state index >= 15 is 0 Å². The van der Waals surface area contributed by atoms with Crippen molar-refractivity contribution in [2.45, 2.75) is 19.5 Å². The molecule has 1 aliphatic rings. The molecule has 1 aliphatic heterocycles. The van der Waals surface area contributed by atoms with Gasteiger partial charge in [-0.15, -0.1) is 11.3 Å². The van der Waals surface area contributed by atoms with Crippen molar-refractivity contribution in [2.24, 2.45) is 0 Å². The molecule has 1 saturated heterocycles. The topological polar surface area (TPSA) is 70.1 Å². The smallest absolute Gasteiger partial charge is 0.490 e. The van der Waals surface area contributed by atoms with Crippen LogP contribution in [0, 0.1) is 6.92 Å². The molecule has 0 saturated carbocycles. The molecule has 0 N–H and O–H groups in total. The Kier molecular flexibility index (Phi) is 8.32. The molecule has 1 aromatic carbocycles. The van der Waals surface area contributed by atoms with Gasteiger partial charge in [-0.2, -0.15) is 13.2 Å². The zero-order chi connectivity index (χ0) is 23.1. The van der Waals surface area contributed by atoms with Crippen molar-refractivity contribution >= 4 is 17.3 Å². The summed E-state index contributed by atoms with van der Waals surface area (Å²) in [6, 6.07) is 5.48. The van der Waals surface area contributed by atoms with Crippen LogP contribution in [0.2, 0.25) is 0 Å². The zero-order valence-corrected chi connectivity index (χ0v) is 18.7. The minimum atomic E-state index is -5.00. The average Bonchev–Trinajstić information content (AvgIpc) is 3.14.